The molecule has 0 aliphatic heterocycles. The highest BCUT2D eigenvalue weighted by Crippen LogP contribution is 2.37. The van der Waals surface area contributed by atoms with Gasteiger partial charge in [-0.25, -0.2) is 16.8 Å². The Kier molecular flexibility index (Phi) is 8.38. The topological polar surface area (TPSA) is 101 Å². The fourth-order valence-electron chi connectivity index (χ4n) is 5.21. The average molecular weight is 640 g/mol. The molecule has 1 heterocycles. The van der Waals surface area contributed by atoms with E-state index in [-0.39, 0.29) is 4.90 Å². The molecule has 0 aliphatic carbocycles. The van der Waals surface area contributed by atoms with Crippen LogP contribution in [0, 0.1) is 0 Å². The summed E-state index contributed by atoms with van der Waals surface area (Å²) in [6.45, 7) is 6.90. The summed E-state index contributed by atoms with van der Waals surface area (Å²) in [5.74, 6) is 0. The third-order valence-corrected chi connectivity index (χ3v) is 11.5. The monoisotopic (exact) mass is 639 g/mol. The van der Waals surface area contributed by atoms with Crippen LogP contribution in [0.2, 0.25) is 0 Å². The maximum atomic E-state index is 12.8. The minimum Gasteiger partial charge on any atom is -0.386 e. The van der Waals surface area contributed by atoms with Gasteiger partial charge in [0, 0.05) is 29.7 Å². The number of pyridine rings is 1. The van der Waals surface area contributed by atoms with Gasteiger partial charge in [-0.2, -0.15) is 0 Å². The molecular weight excluding hydrogens is 603 g/mol. The van der Waals surface area contributed by atoms with Gasteiger partial charge in [-0.1, -0.05) is 60.7 Å². The smallest absolute Gasteiger partial charge is 0.175 e. The van der Waals surface area contributed by atoms with Crippen molar-refractivity contribution in [1.29, 1.82) is 0 Å². The lowest BCUT2D eigenvalue weighted by Crippen LogP contribution is -2.28. The molecule has 232 valence electrons. The highest BCUT2D eigenvalue weighted by molar-refractivity contribution is 7.91. The molecule has 0 unspecified atom stereocenters. The van der Waals surface area contributed by atoms with Gasteiger partial charge in [0.1, 0.15) is 0 Å². The minimum absolute atomic E-state index is 0.237. The first-order chi connectivity index (χ1) is 20.9. The van der Waals surface area contributed by atoms with E-state index in [9.17, 15) is 21.9 Å². The zero-order chi connectivity index (χ0) is 32.8. The number of hydrogen-bond acceptors (Lipinski definition) is 6. The summed E-state index contributed by atoms with van der Waals surface area (Å²) in [7, 11) is -6.78. The maximum absolute atomic E-state index is 12.8. The van der Waals surface area contributed by atoms with Crippen molar-refractivity contribution in [2.45, 2.75) is 42.9 Å². The van der Waals surface area contributed by atoms with Crippen LogP contribution in [0.1, 0.15) is 55.5 Å². The molecule has 0 saturated heterocycles. The summed E-state index contributed by atoms with van der Waals surface area (Å²) in [6, 6.07) is 30.0. The molecule has 1 aromatic heterocycles. The largest absolute Gasteiger partial charge is 0.386 e. The SMILES string of the molecule is CC(C)(O)c1ccc(/C(=C/c2cccc(-c3cc(C(C)(C)S(C)(=O)=O)cc4cccnc34)c2)c2ccc(S(C)(=O)=O)cc2)cc1. The van der Waals surface area contributed by atoms with Gasteiger partial charge in [-0.3, -0.25) is 4.98 Å². The lowest BCUT2D eigenvalue weighted by molar-refractivity contribution is 0.0786. The number of fused-ring (bicyclic) bond motifs is 1. The molecule has 5 rings (SSSR count). The highest BCUT2D eigenvalue weighted by Gasteiger charge is 2.33. The summed E-state index contributed by atoms with van der Waals surface area (Å²) in [5.41, 5.74) is 6.40. The molecule has 45 heavy (non-hydrogen) atoms. The minimum atomic E-state index is -3.42. The van der Waals surface area contributed by atoms with Crippen molar-refractivity contribution in [3.05, 3.63) is 131 Å². The van der Waals surface area contributed by atoms with Gasteiger partial charge in [-0.05, 0) is 109 Å². The second-order valence-corrected chi connectivity index (χ2v) is 17.1. The Morgan fingerprint density at radius 1 is 0.733 bits per heavy atom. The van der Waals surface area contributed by atoms with E-state index in [1.807, 2.05) is 78.9 Å². The zero-order valence-corrected chi connectivity index (χ0v) is 27.9. The molecule has 0 bridgehead atoms. The van der Waals surface area contributed by atoms with Crippen molar-refractivity contribution in [1.82, 2.24) is 4.98 Å². The van der Waals surface area contributed by atoms with E-state index in [0.29, 0.717) is 5.56 Å². The third-order valence-electron chi connectivity index (χ3n) is 8.33. The quantitative estimate of drug-likeness (QED) is 0.178. The Morgan fingerprint density at radius 2 is 1.36 bits per heavy atom. The van der Waals surface area contributed by atoms with Gasteiger partial charge in [0.25, 0.3) is 0 Å². The molecule has 0 aliphatic rings. The Balaban J connectivity index is 1.69. The predicted octanol–water partition coefficient (Wildman–Crippen LogP) is 7.40. The second kappa shape index (κ2) is 11.7. The van der Waals surface area contributed by atoms with Crippen molar-refractivity contribution in [2.75, 3.05) is 12.5 Å². The van der Waals surface area contributed by atoms with Gasteiger partial charge >= 0.3 is 0 Å². The molecule has 0 amide bonds. The standard InChI is InChI=1S/C37H37NO5S2/c1-36(2,39)30-16-12-26(13-17-30)33(27-14-18-32(19-15-27)44(5,40)41)22-25-9-7-10-28(21-25)34-24-31(37(3,4)45(6,42)43)23-29-11-8-20-38-35(29)34/h7-24,39H,1-6H3/b33-22-. The summed E-state index contributed by atoms with van der Waals surface area (Å²) < 4.78 is 48.7. The molecule has 5 aromatic rings. The fraction of sp³-hybridized carbons (Fsp3) is 0.216. The first-order valence-electron chi connectivity index (χ1n) is 14.5. The summed E-state index contributed by atoms with van der Waals surface area (Å²) in [6.07, 6.45) is 6.21. The van der Waals surface area contributed by atoms with Crippen LogP contribution in [0.25, 0.3) is 33.7 Å². The Hall–Kier alpha value is -4.11. The highest BCUT2D eigenvalue weighted by atomic mass is 32.2. The van der Waals surface area contributed by atoms with Crippen LogP contribution in [-0.2, 0) is 30.0 Å². The summed E-state index contributed by atoms with van der Waals surface area (Å²) in [5, 5.41) is 11.3. The van der Waals surface area contributed by atoms with E-state index in [1.54, 1.807) is 58.2 Å². The number of rotatable bonds is 8. The Morgan fingerprint density at radius 3 is 1.93 bits per heavy atom. The number of sulfone groups is 2. The molecule has 8 heteroatoms. The van der Waals surface area contributed by atoms with E-state index >= 15 is 0 Å². The molecule has 0 fully saturated rings. The second-order valence-electron chi connectivity index (χ2n) is 12.5. The van der Waals surface area contributed by atoms with Gasteiger partial charge < -0.3 is 5.11 Å². The van der Waals surface area contributed by atoms with E-state index in [2.05, 4.69) is 4.98 Å². The number of hydrogen-bond donors (Lipinski definition) is 1. The third kappa shape index (κ3) is 6.78. The number of nitrogens with zero attached hydrogens (tertiary/aromatic N) is 1. The lowest BCUT2D eigenvalue weighted by Gasteiger charge is -2.24. The van der Waals surface area contributed by atoms with E-state index in [1.165, 1.54) is 12.5 Å². The van der Waals surface area contributed by atoms with Gasteiger partial charge in [0.15, 0.2) is 19.7 Å². The molecule has 0 radical (unpaired) electrons. The van der Waals surface area contributed by atoms with Crippen LogP contribution in [0.4, 0.5) is 0 Å². The van der Waals surface area contributed by atoms with Gasteiger partial charge in [-0.15, -0.1) is 0 Å². The normalized spacial score (nSPS) is 13.3. The first-order valence-corrected chi connectivity index (χ1v) is 18.3. The van der Waals surface area contributed by atoms with E-state index < -0.39 is 30.0 Å². The predicted molar refractivity (Wildman–Crippen MR) is 183 cm³/mol. The van der Waals surface area contributed by atoms with Crippen LogP contribution in [0.5, 0.6) is 0 Å². The Labute approximate surface area is 266 Å². The van der Waals surface area contributed by atoms with Crippen LogP contribution in [0.3, 0.4) is 0 Å². The number of aliphatic hydroxyl groups is 1. The molecule has 0 spiro atoms. The number of benzene rings is 4. The fourth-order valence-corrected chi connectivity index (χ4v) is 6.39. The maximum Gasteiger partial charge on any atom is 0.175 e. The van der Waals surface area contributed by atoms with Crippen molar-refractivity contribution >= 4 is 42.2 Å². The molecular formula is C37H37NO5S2. The van der Waals surface area contributed by atoms with E-state index in [4.69, 9.17) is 0 Å². The average Bonchev–Trinajstić information content (AvgIpc) is 2.98. The van der Waals surface area contributed by atoms with Crippen LogP contribution in [-0.4, -0.2) is 39.4 Å². The molecule has 6 nitrogen and oxygen atoms in total. The summed E-state index contributed by atoms with van der Waals surface area (Å²) >= 11 is 0. The van der Waals surface area contributed by atoms with Gasteiger partial charge in [0.2, 0.25) is 0 Å². The van der Waals surface area contributed by atoms with Crippen LogP contribution < -0.4 is 0 Å². The van der Waals surface area contributed by atoms with Crippen molar-refractivity contribution < 1.29 is 21.9 Å². The Bertz CT molecular complexity index is 2140. The number of aromatic nitrogens is 1. The lowest BCUT2D eigenvalue weighted by atomic mass is 9.91. The summed E-state index contributed by atoms with van der Waals surface area (Å²) in [4.78, 5) is 4.89. The van der Waals surface area contributed by atoms with Crippen molar-refractivity contribution in [3.8, 4) is 11.1 Å². The zero-order valence-electron chi connectivity index (χ0n) is 26.2. The van der Waals surface area contributed by atoms with Crippen LogP contribution >= 0.6 is 0 Å². The van der Waals surface area contributed by atoms with Crippen molar-refractivity contribution in [2.24, 2.45) is 0 Å². The van der Waals surface area contributed by atoms with E-state index in [0.717, 1.165) is 49.9 Å². The van der Waals surface area contributed by atoms with Crippen LogP contribution in [0.15, 0.2) is 108 Å². The first kappa shape index (κ1) is 32.3. The molecule has 4 aromatic carbocycles. The molecule has 0 saturated carbocycles. The molecule has 0 atom stereocenters. The van der Waals surface area contributed by atoms with Crippen molar-refractivity contribution in [3.63, 3.8) is 0 Å². The van der Waals surface area contributed by atoms with Gasteiger partial charge in [0.05, 0.1) is 20.8 Å². The molecule has 1 N–H and O–H groups in total.